The van der Waals surface area contributed by atoms with E-state index in [9.17, 15) is 5.11 Å². The molecule has 19 heavy (non-hydrogen) atoms. The van der Waals surface area contributed by atoms with E-state index in [4.69, 9.17) is 16.3 Å². The normalized spacial score (nSPS) is 13.9. The molecule has 2 rings (SSSR count). The second-order valence-electron chi connectivity index (χ2n) is 4.18. The third-order valence-electron chi connectivity index (χ3n) is 2.98. The van der Waals surface area contributed by atoms with Crippen LogP contribution in [0.1, 0.15) is 17.0 Å². The number of methoxy groups -OCH3 is 1. The minimum atomic E-state index is -0.507. The molecule has 4 heteroatoms. The van der Waals surface area contributed by atoms with Crippen LogP contribution in [0.4, 0.5) is 0 Å². The Bertz CT molecular complexity index is 523. The van der Waals surface area contributed by atoms with Gasteiger partial charge in [-0.25, -0.2) is 0 Å². The molecule has 0 saturated heterocycles. The zero-order valence-electron chi connectivity index (χ0n) is 10.4. The molecule has 0 aliphatic heterocycles. The Balaban J connectivity index is 2.36. The maximum Gasteiger partial charge on any atom is 0.118 e. The van der Waals surface area contributed by atoms with E-state index in [1.54, 1.807) is 7.11 Å². The number of aliphatic hydroxyl groups excluding tert-OH is 1. The van der Waals surface area contributed by atoms with Crippen LogP contribution >= 0.6 is 34.2 Å². The van der Waals surface area contributed by atoms with Crippen molar-refractivity contribution in [3.8, 4) is 5.75 Å². The lowest BCUT2D eigenvalue weighted by Crippen LogP contribution is -2.13. The minimum Gasteiger partial charge on any atom is -0.497 e. The summed E-state index contributed by atoms with van der Waals surface area (Å²) < 4.78 is 4.64. The van der Waals surface area contributed by atoms with Crippen LogP contribution in [-0.4, -0.2) is 16.3 Å². The van der Waals surface area contributed by atoms with E-state index in [1.165, 1.54) is 0 Å². The van der Waals surface area contributed by atoms with Crippen LogP contribution in [0.25, 0.3) is 0 Å². The first-order chi connectivity index (χ1) is 9.11. The maximum atomic E-state index is 10.0. The molecule has 0 amide bonds. The second kappa shape index (κ2) is 6.59. The van der Waals surface area contributed by atoms with Gasteiger partial charge < -0.3 is 9.84 Å². The summed E-state index contributed by atoms with van der Waals surface area (Å²) in [4.78, 5) is 0. The number of hydrogen-bond acceptors (Lipinski definition) is 2. The van der Waals surface area contributed by atoms with Crippen LogP contribution in [0.2, 0.25) is 5.02 Å². The van der Waals surface area contributed by atoms with E-state index in [1.807, 2.05) is 71.1 Å². The summed E-state index contributed by atoms with van der Waals surface area (Å²) in [5.41, 5.74) is 2.08. The summed E-state index contributed by atoms with van der Waals surface area (Å²) in [5, 5.41) is 10.7. The number of rotatable bonds is 4. The van der Waals surface area contributed by atoms with E-state index in [-0.39, 0.29) is 5.92 Å². The van der Waals surface area contributed by atoms with Gasteiger partial charge in [0.05, 0.1) is 7.11 Å². The highest BCUT2D eigenvalue weighted by molar-refractivity contribution is 14.1. The molecule has 2 unspecified atom stereocenters. The van der Waals surface area contributed by atoms with E-state index in [2.05, 4.69) is 0 Å². The van der Waals surface area contributed by atoms with Crippen molar-refractivity contribution >= 4 is 34.2 Å². The Kier molecular flexibility index (Phi) is 5.07. The van der Waals surface area contributed by atoms with E-state index in [0.29, 0.717) is 5.02 Å². The van der Waals surface area contributed by atoms with Gasteiger partial charge in [-0.3, -0.25) is 0 Å². The van der Waals surface area contributed by atoms with Gasteiger partial charge in [0, 0.05) is 10.9 Å². The summed E-state index contributed by atoms with van der Waals surface area (Å²) in [6, 6.07) is 15.3. The van der Waals surface area contributed by atoms with Crippen molar-refractivity contribution in [2.45, 2.75) is 10.0 Å². The minimum absolute atomic E-state index is 0.0798. The predicted molar refractivity (Wildman–Crippen MR) is 86.3 cm³/mol. The number of halogens is 2. The highest BCUT2D eigenvalue weighted by atomic mass is 127. The van der Waals surface area contributed by atoms with Crippen molar-refractivity contribution in [2.24, 2.45) is 0 Å². The lowest BCUT2D eigenvalue weighted by Gasteiger charge is -2.20. The topological polar surface area (TPSA) is 29.5 Å². The van der Waals surface area contributed by atoms with Gasteiger partial charge in [0.15, 0.2) is 0 Å². The third-order valence-corrected chi connectivity index (χ3v) is 3.95. The van der Waals surface area contributed by atoms with Crippen molar-refractivity contribution in [2.75, 3.05) is 7.11 Å². The molecule has 100 valence electrons. The molecule has 2 aromatic rings. The summed E-state index contributed by atoms with van der Waals surface area (Å²) >= 11 is 7.93. The molecule has 0 radical (unpaired) electrons. The van der Waals surface area contributed by atoms with Crippen LogP contribution < -0.4 is 4.74 Å². The van der Waals surface area contributed by atoms with E-state index < -0.39 is 4.11 Å². The van der Waals surface area contributed by atoms with Crippen molar-refractivity contribution in [3.63, 3.8) is 0 Å². The average molecular weight is 389 g/mol. The van der Waals surface area contributed by atoms with Gasteiger partial charge in [0.2, 0.25) is 0 Å². The van der Waals surface area contributed by atoms with Gasteiger partial charge >= 0.3 is 0 Å². The Hall–Kier alpha value is -0.780. The first-order valence-corrected chi connectivity index (χ1v) is 7.45. The zero-order valence-corrected chi connectivity index (χ0v) is 13.3. The largest absolute Gasteiger partial charge is 0.497 e. The lowest BCUT2D eigenvalue weighted by molar-refractivity contribution is 0.261. The standard InChI is InChI=1S/C15H14ClIO2/c1-19-13-8-4-11(5-9-13)14(15(17)18)10-2-6-12(16)7-3-10/h2-9,14-15,18H,1H3. The Morgan fingerprint density at radius 1 is 1.00 bits per heavy atom. The smallest absolute Gasteiger partial charge is 0.118 e. The van der Waals surface area contributed by atoms with Crippen LogP contribution in [0, 0.1) is 0 Å². The van der Waals surface area contributed by atoms with Crippen molar-refractivity contribution in [1.82, 2.24) is 0 Å². The van der Waals surface area contributed by atoms with Crippen LogP contribution in [0.5, 0.6) is 5.75 Å². The molecule has 0 fully saturated rings. The summed E-state index contributed by atoms with van der Waals surface area (Å²) in [6.07, 6.45) is 0. The summed E-state index contributed by atoms with van der Waals surface area (Å²) in [7, 11) is 1.64. The SMILES string of the molecule is COc1ccc(C(c2ccc(Cl)cc2)C(O)I)cc1. The van der Waals surface area contributed by atoms with Gasteiger partial charge in [-0.1, -0.05) is 58.5 Å². The van der Waals surface area contributed by atoms with E-state index in [0.717, 1.165) is 16.9 Å². The number of aliphatic hydroxyl groups is 1. The fourth-order valence-electron chi connectivity index (χ4n) is 1.99. The summed E-state index contributed by atoms with van der Waals surface area (Å²) in [6.45, 7) is 0. The Morgan fingerprint density at radius 2 is 1.47 bits per heavy atom. The van der Waals surface area contributed by atoms with Crippen LogP contribution in [-0.2, 0) is 0 Å². The first kappa shape index (κ1) is 14.6. The van der Waals surface area contributed by atoms with Crippen molar-refractivity contribution in [1.29, 1.82) is 0 Å². The molecule has 0 aromatic heterocycles. The molecule has 0 bridgehead atoms. The average Bonchev–Trinajstić information content (AvgIpc) is 2.42. The highest BCUT2D eigenvalue weighted by Gasteiger charge is 2.20. The number of hydrogen-bond donors (Lipinski definition) is 1. The number of alkyl halides is 1. The fourth-order valence-corrected chi connectivity index (χ4v) is 2.95. The highest BCUT2D eigenvalue weighted by Crippen LogP contribution is 2.32. The second-order valence-corrected chi connectivity index (χ2v) is 5.89. The molecule has 0 aliphatic carbocycles. The molecule has 0 heterocycles. The fraction of sp³-hybridized carbons (Fsp3) is 0.200. The maximum absolute atomic E-state index is 10.0. The van der Waals surface area contributed by atoms with Gasteiger partial charge in [-0.15, -0.1) is 0 Å². The Morgan fingerprint density at radius 3 is 1.89 bits per heavy atom. The predicted octanol–water partition coefficient (Wildman–Crippen LogP) is 4.23. The number of benzene rings is 2. The monoisotopic (exact) mass is 388 g/mol. The zero-order chi connectivity index (χ0) is 13.8. The molecule has 2 atom stereocenters. The van der Waals surface area contributed by atoms with Crippen LogP contribution in [0.15, 0.2) is 48.5 Å². The molecular weight excluding hydrogens is 375 g/mol. The van der Waals surface area contributed by atoms with Gasteiger partial charge in [-0.05, 0) is 35.4 Å². The molecule has 2 aromatic carbocycles. The lowest BCUT2D eigenvalue weighted by atomic mass is 9.92. The van der Waals surface area contributed by atoms with Crippen molar-refractivity contribution in [3.05, 3.63) is 64.7 Å². The molecule has 2 nitrogen and oxygen atoms in total. The van der Waals surface area contributed by atoms with E-state index >= 15 is 0 Å². The molecular formula is C15H14ClIO2. The van der Waals surface area contributed by atoms with Crippen molar-refractivity contribution < 1.29 is 9.84 Å². The molecule has 1 N–H and O–H groups in total. The van der Waals surface area contributed by atoms with Gasteiger partial charge in [-0.2, -0.15) is 0 Å². The van der Waals surface area contributed by atoms with Gasteiger partial charge in [0.1, 0.15) is 9.86 Å². The van der Waals surface area contributed by atoms with Crippen LogP contribution in [0.3, 0.4) is 0 Å². The third kappa shape index (κ3) is 3.61. The van der Waals surface area contributed by atoms with Gasteiger partial charge in [0.25, 0.3) is 0 Å². The molecule has 0 aliphatic rings. The molecule has 0 saturated carbocycles. The Labute approximate surface area is 131 Å². The number of ether oxygens (including phenoxy) is 1. The first-order valence-electron chi connectivity index (χ1n) is 5.83. The summed E-state index contributed by atoms with van der Waals surface area (Å²) in [5.74, 6) is 0.727. The quantitative estimate of drug-likeness (QED) is 0.627. The molecule has 0 spiro atoms.